The Labute approximate surface area is 141 Å². The van der Waals surface area contributed by atoms with Crippen molar-refractivity contribution in [1.29, 1.82) is 5.26 Å². The van der Waals surface area contributed by atoms with Crippen LogP contribution in [0.4, 0.5) is 5.69 Å². The predicted octanol–water partition coefficient (Wildman–Crippen LogP) is 1.89. The minimum atomic E-state index is -0.128. The van der Waals surface area contributed by atoms with E-state index in [4.69, 9.17) is 4.74 Å². The lowest BCUT2D eigenvalue weighted by atomic mass is 10.2. The average molecular weight is 324 g/mol. The van der Waals surface area contributed by atoms with Crippen LogP contribution in [0.5, 0.6) is 0 Å². The van der Waals surface area contributed by atoms with Gasteiger partial charge in [0.15, 0.2) is 0 Å². The number of carbonyl (C=O) groups is 1. The van der Waals surface area contributed by atoms with Crippen LogP contribution in [-0.4, -0.2) is 55.8 Å². The molecular formula is C18H20N4O2. The lowest BCUT2D eigenvalue weighted by Gasteiger charge is -2.27. The van der Waals surface area contributed by atoms with E-state index in [0.717, 1.165) is 11.4 Å². The number of anilines is 1. The number of nitrogens with zero attached hydrogens (tertiary/aromatic N) is 4. The molecule has 0 unspecified atom stereocenters. The van der Waals surface area contributed by atoms with Gasteiger partial charge in [0.05, 0.1) is 18.8 Å². The Morgan fingerprint density at radius 1 is 1.17 bits per heavy atom. The molecule has 0 N–H and O–H groups in total. The Morgan fingerprint density at radius 3 is 2.42 bits per heavy atom. The van der Waals surface area contributed by atoms with E-state index < -0.39 is 0 Å². The monoisotopic (exact) mass is 324 g/mol. The predicted molar refractivity (Wildman–Crippen MR) is 91.5 cm³/mol. The molecule has 0 spiro atoms. The van der Waals surface area contributed by atoms with Gasteiger partial charge in [-0.15, -0.1) is 0 Å². The SMILES string of the molecule is CN(C)c1ccc(-n2ccc(C#N)c2C(=O)N2CCOCC2)cc1. The van der Waals surface area contributed by atoms with Crippen LogP contribution < -0.4 is 4.90 Å². The van der Waals surface area contributed by atoms with E-state index in [1.807, 2.05) is 43.3 Å². The summed E-state index contributed by atoms with van der Waals surface area (Å²) < 4.78 is 7.09. The molecule has 124 valence electrons. The van der Waals surface area contributed by atoms with Gasteiger partial charge in [0.1, 0.15) is 11.8 Å². The van der Waals surface area contributed by atoms with Crippen molar-refractivity contribution >= 4 is 11.6 Å². The molecule has 1 amide bonds. The number of nitriles is 1. The maximum atomic E-state index is 12.9. The maximum absolute atomic E-state index is 12.9. The summed E-state index contributed by atoms with van der Waals surface area (Å²) in [4.78, 5) is 16.7. The van der Waals surface area contributed by atoms with Crippen LogP contribution in [0.3, 0.4) is 0 Å². The summed E-state index contributed by atoms with van der Waals surface area (Å²) in [5, 5.41) is 9.38. The molecule has 6 nitrogen and oxygen atoms in total. The van der Waals surface area contributed by atoms with Crippen molar-refractivity contribution < 1.29 is 9.53 Å². The molecule has 1 aliphatic rings. The van der Waals surface area contributed by atoms with Gasteiger partial charge in [0.25, 0.3) is 5.91 Å². The van der Waals surface area contributed by atoms with Crippen molar-refractivity contribution in [2.45, 2.75) is 0 Å². The zero-order chi connectivity index (χ0) is 17.1. The number of hydrogen-bond donors (Lipinski definition) is 0. The number of aromatic nitrogens is 1. The first kappa shape index (κ1) is 16.1. The van der Waals surface area contributed by atoms with Gasteiger partial charge in [-0.3, -0.25) is 4.79 Å². The lowest BCUT2D eigenvalue weighted by molar-refractivity contribution is 0.0297. The van der Waals surface area contributed by atoms with Crippen molar-refractivity contribution in [2.24, 2.45) is 0 Å². The number of benzene rings is 1. The highest BCUT2D eigenvalue weighted by atomic mass is 16.5. The first-order valence-corrected chi connectivity index (χ1v) is 7.88. The first-order valence-electron chi connectivity index (χ1n) is 7.88. The van der Waals surface area contributed by atoms with E-state index >= 15 is 0 Å². The van der Waals surface area contributed by atoms with E-state index in [1.165, 1.54) is 0 Å². The highest BCUT2D eigenvalue weighted by Gasteiger charge is 2.25. The smallest absolute Gasteiger partial charge is 0.272 e. The van der Waals surface area contributed by atoms with E-state index in [0.29, 0.717) is 37.6 Å². The lowest BCUT2D eigenvalue weighted by Crippen LogP contribution is -2.41. The molecule has 2 aromatic rings. The molecule has 2 heterocycles. The van der Waals surface area contributed by atoms with Gasteiger partial charge < -0.3 is 19.1 Å². The largest absolute Gasteiger partial charge is 0.378 e. The third-order valence-corrected chi connectivity index (χ3v) is 4.15. The van der Waals surface area contributed by atoms with Crippen molar-refractivity contribution in [3.63, 3.8) is 0 Å². The van der Waals surface area contributed by atoms with Gasteiger partial charge in [0.2, 0.25) is 0 Å². The number of amides is 1. The Hall–Kier alpha value is -2.78. The molecule has 3 rings (SSSR count). The zero-order valence-electron chi connectivity index (χ0n) is 13.9. The quantitative estimate of drug-likeness (QED) is 0.865. The molecule has 1 saturated heterocycles. The van der Waals surface area contributed by atoms with E-state index in [-0.39, 0.29) is 5.91 Å². The van der Waals surface area contributed by atoms with Crippen LogP contribution in [0.15, 0.2) is 36.5 Å². The third-order valence-electron chi connectivity index (χ3n) is 4.15. The molecule has 6 heteroatoms. The minimum Gasteiger partial charge on any atom is -0.378 e. The molecule has 1 aromatic carbocycles. The van der Waals surface area contributed by atoms with E-state index in [1.54, 1.807) is 21.7 Å². The van der Waals surface area contributed by atoms with Gasteiger partial charge >= 0.3 is 0 Å². The topological polar surface area (TPSA) is 61.5 Å². The Balaban J connectivity index is 1.98. The van der Waals surface area contributed by atoms with Gasteiger partial charge in [-0.05, 0) is 30.3 Å². The number of rotatable bonds is 3. The van der Waals surface area contributed by atoms with E-state index in [2.05, 4.69) is 6.07 Å². The Morgan fingerprint density at radius 2 is 1.83 bits per heavy atom. The van der Waals surface area contributed by atoms with Crippen LogP contribution in [0, 0.1) is 11.3 Å². The number of carbonyl (C=O) groups excluding carboxylic acids is 1. The van der Waals surface area contributed by atoms with Crippen LogP contribution in [0.1, 0.15) is 16.1 Å². The summed E-state index contributed by atoms with van der Waals surface area (Å²) in [7, 11) is 3.96. The highest BCUT2D eigenvalue weighted by molar-refractivity contribution is 5.96. The number of morpholine rings is 1. The number of ether oxygens (including phenoxy) is 1. The molecule has 0 atom stereocenters. The van der Waals surface area contributed by atoms with Gasteiger partial charge in [-0.1, -0.05) is 0 Å². The van der Waals surface area contributed by atoms with Gasteiger partial charge in [0, 0.05) is 44.8 Å². The van der Waals surface area contributed by atoms with Crippen molar-refractivity contribution in [1.82, 2.24) is 9.47 Å². The van der Waals surface area contributed by atoms with Crippen LogP contribution >= 0.6 is 0 Å². The summed E-state index contributed by atoms with van der Waals surface area (Å²) >= 11 is 0. The molecule has 0 bridgehead atoms. The Kier molecular flexibility index (Phi) is 4.54. The maximum Gasteiger partial charge on any atom is 0.272 e. The van der Waals surface area contributed by atoms with Crippen molar-refractivity contribution in [3.05, 3.63) is 47.8 Å². The van der Waals surface area contributed by atoms with Crippen molar-refractivity contribution in [3.8, 4) is 11.8 Å². The molecule has 24 heavy (non-hydrogen) atoms. The normalized spacial score (nSPS) is 14.3. The summed E-state index contributed by atoms with van der Waals surface area (Å²) in [6, 6.07) is 11.7. The summed E-state index contributed by atoms with van der Waals surface area (Å²) in [6.45, 7) is 2.17. The van der Waals surface area contributed by atoms with Crippen LogP contribution in [-0.2, 0) is 4.74 Å². The molecule has 0 aliphatic carbocycles. The molecular weight excluding hydrogens is 304 g/mol. The third kappa shape index (κ3) is 2.99. The van der Waals surface area contributed by atoms with Crippen LogP contribution in [0.25, 0.3) is 5.69 Å². The fourth-order valence-electron chi connectivity index (χ4n) is 2.78. The van der Waals surface area contributed by atoms with Crippen LogP contribution in [0.2, 0.25) is 0 Å². The highest BCUT2D eigenvalue weighted by Crippen LogP contribution is 2.21. The second kappa shape index (κ2) is 6.77. The summed E-state index contributed by atoms with van der Waals surface area (Å²) in [5.41, 5.74) is 2.74. The average Bonchev–Trinajstić information content (AvgIpc) is 3.06. The second-order valence-electron chi connectivity index (χ2n) is 5.88. The molecule has 1 fully saturated rings. The van der Waals surface area contributed by atoms with E-state index in [9.17, 15) is 10.1 Å². The standard InChI is InChI=1S/C18H20N4O2/c1-20(2)15-3-5-16(6-4-15)22-8-7-14(13-19)17(22)18(23)21-9-11-24-12-10-21/h3-8H,9-12H2,1-2H3. The minimum absolute atomic E-state index is 0.128. The molecule has 0 saturated carbocycles. The summed E-state index contributed by atoms with van der Waals surface area (Å²) in [5.74, 6) is -0.128. The van der Waals surface area contributed by atoms with Gasteiger partial charge in [-0.2, -0.15) is 5.26 Å². The number of hydrogen-bond acceptors (Lipinski definition) is 4. The fraction of sp³-hybridized carbons (Fsp3) is 0.333. The Bertz CT molecular complexity index is 765. The van der Waals surface area contributed by atoms with Crippen molar-refractivity contribution in [2.75, 3.05) is 45.3 Å². The fourth-order valence-corrected chi connectivity index (χ4v) is 2.78. The zero-order valence-corrected chi connectivity index (χ0v) is 13.9. The second-order valence-corrected chi connectivity index (χ2v) is 5.88. The summed E-state index contributed by atoms with van der Waals surface area (Å²) in [6.07, 6.45) is 1.77. The first-order chi connectivity index (χ1) is 11.6. The molecule has 1 aromatic heterocycles. The van der Waals surface area contributed by atoms with Gasteiger partial charge in [-0.25, -0.2) is 0 Å². The molecule has 0 radical (unpaired) electrons. The molecule has 1 aliphatic heterocycles.